The van der Waals surface area contributed by atoms with Gasteiger partial charge in [-0.2, -0.15) is 8.78 Å². The van der Waals surface area contributed by atoms with E-state index < -0.39 is 25.1 Å². The molecular weight excluding hydrogens is 418 g/mol. The number of benzene rings is 2. The molecule has 156 valence electrons. The Labute approximate surface area is 175 Å². The fourth-order valence-corrected chi connectivity index (χ4v) is 3.23. The van der Waals surface area contributed by atoms with E-state index in [2.05, 4.69) is 15.0 Å². The number of carbonyl (C=O) groups is 2. The number of nitrogens with one attached hydrogen (secondary N) is 1. The Bertz CT molecular complexity index is 1120. The highest BCUT2D eigenvalue weighted by molar-refractivity contribution is 6.32. The fraction of sp³-hybridized carbons (Fsp3) is 0.190. The van der Waals surface area contributed by atoms with E-state index in [1.54, 1.807) is 13.8 Å². The number of rotatable bonds is 6. The van der Waals surface area contributed by atoms with E-state index in [9.17, 15) is 18.4 Å². The number of alkyl halides is 2. The molecule has 1 amide bonds. The van der Waals surface area contributed by atoms with Crippen molar-refractivity contribution in [1.29, 1.82) is 0 Å². The summed E-state index contributed by atoms with van der Waals surface area (Å²) in [5.74, 6) is -1.51. The van der Waals surface area contributed by atoms with Gasteiger partial charge in [0, 0.05) is 11.1 Å². The molecule has 9 heteroatoms. The van der Waals surface area contributed by atoms with E-state index in [4.69, 9.17) is 16.3 Å². The zero-order valence-electron chi connectivity index (χ0n) is 16.0. The van der Waals surface area contributed by atoms with Crippen molar-refractivity contribution in [2.75, 3.05) is 11.9 Å². The molecule has 0 spiro atoms. The minimum Gasteiger partial charge on any atom is -0.452 e. The molecule has 0 aliphatic heterocycles. The van der Waals surface area contributed by atoms with Gasteiger partial charge in [0.25, 0.3) is 5.91 Å². The van der Waals surface area contributed by atoms with Crippen LogP contribution in [0.15, 0.2) is 42.5 Å². The average molecular weight is 435 g/mol. The normalized spacial score (nSPS) is 10.9. The van der Waals surface area contributed by atoms with Crippen LogP contribution in [-0.4, -0.2) is 30.1 Å². The number of esters is 1. The van der Waals surface area contributed by atoms with Crippen molar-refractivity contribution in [2.45, 2.75) is 20.5 Å². The number of aromatic nitrogens is 1. The molecule has 1 heterocycles. The monoisotopic (exact) mass is 434 g/mol. The summed E-state index contributed by atoms with van der Waals surface area (Å²) in [6, 6.07) is 11.2. The summed E-state index contributed by atoms with van der Waals surface area (Å²) in [5.41, 5.74) is 2.52. The van der Waals surface area contributed by atoms with E-state index in [1.165, 1.54) is 18.2 Å². The number of halogens is 3. The zero-order valence-corrected chi connectivity index (χ0v) is 16.8. The van der Waals surface area contributed by atoms with Gasteiger partial charge >= 0.3 is 12.6 Å². The smallest absolute Gasteiger partial charge is 0.387 e. The number of carbonyl (C=O) groups excluding carboxylic acids is 2. The summed E-state index contributed by atoms with van der Waals surface area (Å²) in [7, 11) is 0. The van der Waals surface area contributed by atoms with Crippen LogP contribution >= 0.6 is 11.6 Å². The zero-order chi connectivity index (χ0) is 21.8. The lowest BCUT2D eigenvalue weighted by molar-refractivity contribution is -0.119. The van der Waals surface area contributed by atoms with Gasteiger partial charge < -0.3 is 14.8 Å². The van der Waals surface area contributed by atoms with Crippen LogP contribution < -0.4 is 10.1 Å². The number of nitrogens with zero attached hydrogens (tertiary/aromatic N) is 1. The number of para-hydroxylation sites is 1. The third-order valence-electron chi connectivity index (χ3n) is 4.30. The second-order valence-corrected chi connectivity index (χ2v) is 6.77. The summed E-state index contributed by atoms with van der Waals surface area (Å²) in [6.07, 6.45) is 0. The predicted octanol–water partition coefficient (Wildman–Crippen LogP) is 4.90. The topological polar surface area (TPSA) is 77.5 Å². The lowest BCUT2D eigenvalue weighted by atomic mass is 10.0. The number of amides is 1. The maximum atomic E-state index is 12.5. The molecule has 0 aliphatic carbocycles. The highest BCUT2D eigenvalue weighted by Crippen LogP contribution is 2.29. The molecule has 0 fully saturated rings. The van der Waals surface area contributed by atoms with E-state index in [0.717, 1.165) is 10.9 Å². The molecular formula is C21H17ClF2N2O4. The maximum Gasteiger partial charge on any atom is 0.387 e. The van der Waals surface area contributed by atoms with Crippen LogP contribution in [0, 0.1) is 13.8 Å². The van der Waals surface area contributed by atoms with E-state index in [0.29, 0.717) is 16.8 Å². The first-order chi connectivity index (χ1) is 14.3. The van der Waals surface area contributed by atoms with E-state index >= 15 is 0 Å². The van der Waals surface area contributed by atoms with Crippen LogP contribution in [0.1, 0.15) is 21.6 Å². The number of pyridine rings is 1. The number of hydrogen-bond acceptors (Lipinski definition) is 5. The Morgan fingerprint density at radius 2 is 1.90 bits per heavy atom. The van der Waals surface area contributed by atoms with Gasteiger partial charge in [0.15, 0.2) is 6.61 Å². The van der Waals surface area contributed by atoms with Crippen molar-refractivity contribution >= 4 is 40.1 Å². The van der Waals surface area contributed by atoms with Gasteiger partial charge in [0.05, 0.1) is 21.8 Å². The SMILES string of the molecule is Cc1nc2ccccc2c(C)c1C(=O)OCC(=O)Nc1ccc(OC(F)F)c(Cl)c1. The van der Waals surface area contributed by atoms with E-state index in [1.807, 2.05) is 24.3 Å². The van der Waals surface area contributed by atoms with Crippen LogP contribution in [0.3, 0.4) is 0 Å². The Morgan fingerprint density at radius 1 is 1.17 bits per heavy atom. The van der Waals surface area contributed by atoms with Crippen molar-refractivity contribution in [2.24, 2.45) is 0 Å². The van der Waals surface area contributed by atoms with Crippen molar-refractivity contribution in [1.82, 2.24) is 4.98 Å². The largest absolute Gasteiger partial charge is 0.452 e. The third-order valence-corrected chi connectivity index (χ3v) is 4.60. The summed E-state index contributed by atoms with van der Waals surface area (Å²) >= 11 is 5.85. The summed E-state index contributed by atoms with van der Waals surface area (Å²) < 4.78 is 33.9. The van der Waals surface area contributed by atoms with Crippen LogP contribution in [0.5, 0.6) is 5.75 Å². The maximum absolute atomic E-state index is 12.5. The number of anilines is 1. The van der Waals surface area contributed by atoms with Crippen molar-refractivity contribution in [3.63, 3.8) is 0 Å². The average Bonchev–Trinajstić information content (AvgIpc) is 2.68. The van der Waals surface area contributed by atoms with Gasteiger partial charge in [-0.05, 0) is 43.7 Å². The molecule has 30 heavy (non-hydrogen) atoms. The third kappa shape index (κ3) is 4.83. The van der Waals surface area contributed by atoms with Gasteiger partial charge in [0.2, 0.25) is 0 Å². The quantitative estimate of drug-likeness (QED) is 0.558. The first kappa shape index (κ1) is 21.4. The van der Waals surface area contributed by atoms with Gasteiger partial charge in [-0.1, -0.05) is 29.8 Å². The summed E-state index contributed by atoms with van der Waals surface area (Å²) in [4.78, 5) is 29.1. The molecule has 0 radical (unpaired) electrons. The molecule has 0 bridgehead atoms. The van der Waals surface area contributed by atoms with Gasteiger partial charge in [0.1, 0.15) is 5.75 Å². The van der Waals surface area contributed by atoms with Crippen LogP contribution in [0.25, 0.3) is 10.9 Å². The molecule has 1 N–H and O–H groups in total. The fourth-order valence-electron chi connectivity index (χ4n) is 3.00. The first-order valence-corrected chi connectivity index (χ1v) is 9.21. The van der Waals surface area contributed by atoms with Crippen molar-refractivity contribution in [3.8, 4) is 5.75 Å². The number of hydrogen-bond donors (Lipinski definition) is 1. The van der Waals surface area contributed by atoms with Gasteiger partial charge in [-0.3, -0.25) is 9.78 Å². The van der Waals surface area contributed by atoms with Crippen LogP contribution in [-0.2, 0) is 9.53 Å². The highest BCUT2D eigenvalue weighted by Gasteiger charge is 2.19. The Balaban J connectivity index is 1.66. The lowest BCUT2D eigenvalue weighted by Crippen LogP contribution is -2.22. The molecule has 3 aromatic rings. The van der Waals surface area contributed by atoms with Crippen molar-refractivity contribution in [3.05, 3.63) is 64.3 Å². The van der Waals surface area contributed by atoms with Gasteiger partial charge in [-0.15, -0.1) is 0 Å². The second-order valence-electron chi connectivity index (χ2n) is 6.36. The van der Waals surface area contributed by atoms with Crippen LogP contribution in [0.2, 0.25) is 5.02 Å². The molecule has 0 aliphatic rings. The Morgan fingerprint density at radius 3 is 2.60 bits per heavy atom. The molecule has 0 unspecified atom stereocenters. The molecule has 0 saturated heterocycles. The minimum atomic E-state index is -3.01. The number of aryl methyl sites for hydroxylation is 2. The molecule has 6 nitrogen and oxygen atoms in total. The predicted molar refractivity (Wildman–Crippen MR) is 108 cm³/mol. The second kappa shape index (κ2) is 9.04. The Hall–Kier alpha value is -3.26. The first-order valence-electron chi connectivity index (χ1n) is 8.83. The van der Waals surface area contributed by atoms with E-state index in [-0.39, 0.29) is 16.5 Å². The molecule has 2 aromatic carbocycles. The van der Waals surface area contributed by atoms with Gasteiger partial charge in [-0.25, -0.2) is 4.79 Å². The number of ether oxygens (including phenoxy) is 2. The number of fused-ring (bicyclic) bond motifs is 1. The molecule has 0 saturated carbocycles. The molecule has 1 aromatic heterocycles. The minimum absolute atomic E-state index is 0.0985. The highest BCUT2D eigenvalue weighted by atomic mass is 35.5. The van der Waals surface area contributed by atoms with Crippen LogP contribution in [0.4, 0.5) is 14.5 Å². The molecule has 3 rings (SSSR count). The standard InChI is InChI=1S/C21H17ClF2N2O4/c1-11-14-5-3-4-6-16(14)25-12(2)19(11)20(28)29-10-18(27)26-13-7-8-17(15(22)9-13)30-21(23)24/h3-9,21H,10H2,1-2H3,(H,26,27). The molecule has 0 atom stereocenters. The lowest BCUT2D eigenvalue weighted by Gasteiger charge is -2.12. The van der Waals surface area contributed by atoms with Crippen molar-refractivity contribution < 1.29 is 27.8 Å². The summed E-state index contributed by atoms with van der Waals surface area (Å²) in [5, 5.41) is 3.19. The summed E-state index contributed by atoms with van der Waals surface area (Å²) in [6.45, 7) is -0.0732. The Kier molecular flexibility index (Phi) is 6.47.